The van der Waals surface area contributed by atoms with E-state index in [-0.39, 0.29) is 6.54 Å². The maximum Gasteiger partial charge on any atom is 0.0940 e. The van der Waals surface area contributed by atoms with E-state index in [2.05, 4.69) is 10.0 Å². The maximum absolute atomic E-state index is 9.47. The number of hydrogen-bond acceptors (Lipinski definition) is 3. The minimum absolute atomic E-state index is 0.109. The van der Waals surface area contributed by atoms with E-state index < -0.39 is 6.10 Å². The Hall–Kier alpha value is -1.03. The van der Waals surface area contributed by atoms with Crippen LogP contribution in [0.1, 0.15) is 16.5 Å². The molecule has 1 N–H and O–H groups in total. The minimum Gasteiger partial charge on any atom is -0.387 e. The van der Waals surface area contributed by atoms with Gasteiger partial charge in [-0.05, 0) is 29.5 Å². The SMILES string of the molecule is Cc1ccsc1[C@@H](O)CN=[N+]=[N-]. The van der Waals surface area contributed by atoms with Gasteiger partial charge >= 0.3 is 0 Å². The van der Waals surface area contributed by atoms with Crippen LogP contribution in [0.15, 0.2) is 16.6 Å². The van der Waals surface area contributed by atoms with E-state index in [4.69, 9.17) is 5.53 Å². The standard InChI is InChI=1S/C7H9N3OS/c1-5-2-3-12-7(5)6(11)4-9-10-8/h2-3,6,11H,4H2,1H3/t6-/m0/s1. The number of thiophene rings is 1. The molecule has 1 aromatic rings. The average molecular weight is 183 g/mol. The summed E-state index contributed by atoms with van der Waals surface area (Å²) >= 11 is 1.47. The van der Waals surface area contributed by atoms with Gasteiger partial charge in [0.25, 0.3) is 0 Å². The van der Waals surface area contributed by atoms with Crippen LogP contribution in [-0.2, 0) is 0 Å². The van der Waals surface area contributed by atoms with Gasteiger partial charge < -0.3 is 5.11 Å². The third-order valence-corrected chi connectivity index (χ3v) is 2.64. The molecule has 5 heteroatoms. The van der Waals surface area contributed by atoms with Crippen molar-refractivity contribution in [1.82, 2.24) is 0 Å². The molecule has 0 radical (unpaired) electrons. The molecule has 1 rings (SSSR count). The van der Waals surface area contributed by atoms with Gasteiger partial charge in [-0.15, -0.1) is 11.3 Å². The highest BCUT2D eigenvalue weighted by Crippen LogP contribution is 2.23. The highest BCUT2D eigenvalue weighted by Gasteiger charge is 2.09. The number of nitrogens with zero attached hydrogens (tertiary/aromatic N) is 3. The van der Waals surface area contributed by atoms with E-state index in [0.29, 0.717) is 0 Å². The summed E-state index contributed by atoms with van der Waals surface area (Å²) in [6, 6.07) is 1.93. The number of aliphatic hydroxyl groups excluding tert-OH is 1. The first-order chi connectivity index (χ1) is 5.75. The van der Waals surface area contributed by atoms with Gasteiger partial charge in [-0.25, -0.2) is 0 Å². The van der Waals surface area contributed by atoms with Gasteiger partial charge in [0.1, 0.15) is 0 Å². The molecule has 0 aliphatic rings. The van der Waals surface area contributed by atoms with E-state index in [1.54, 1.807) is 0 Å². The molecule has 4 nitrogen and oxygen atoms in total. The Kier molecular flexibility index (Phi) is 3.10. The minimum atomic E-state index is -0.652. The molecule has 1 heterocycles. The first kappa shape index (κ1) is 9.06. The third kappa shape index (κ3) is 1.98. The van der Waals surface area contributed by atoms with Crippen molar-refractivity contribution in [3.8, 4) is 0 Å². The second-order valence-corrected chi connectivity index (χ2v) is 3.34. The van der Waals surface area contributed by atoms with Crippen molar-refractivity contribution >= 4 is 11.3 Å². The number of aryl methyl sites for hydroxylation is 1. The van der Waals surface area contributed by atoms with Gasteiger partial charge in [0.15, 0.2) is 0 Å². The molecule has 0 aromatic carbocycles. The van der Waals surface area contributed by atoms with Crippen LogP contribution in [0.3, 0.4) is 0 Å². The number of azide groups is 1. The van der Waals surface area contributed by atoms with Crippen LogP contribution in [0.5, 0.6) is 0 Å². The van der Waals surface area contributed by atoms with E-state index in [1.165, 1.54) is 11.3 Å². The van der Waals surface area contributed by atoms with Gasteiger partial charge in [-0.3, -0.25) is 0 Å². The van der Waals surface area contributed by atoms with E-state index in [1.807, 2.05) is 18.4 Å². The monoisotopic (exact) mass is 183 g/mol. The summed E-state index contributed by atoms with van der Waals surface area (Å²) < 4.78 is 0. The van der Waals surface area contributed by atoms with Gasteiger partial charge in [0.2, 0.25) is 0 Å². The predicted octanol–water partition coefficient (Wildman–Crippen LogP) is 2.40. The van der Waals surface area contributed by atoms with E-state index in [0.717, 1.165) is 10.4 Å². The summed E-state index contributed by atoms with van der Waals surface area (Å²) in [7, 11) is 0. The quantitative estimate of drug-likeness (QED) is 0.436. The number of rotatable bonds is 3. The fourth-order valence-corrected chi connectivity index (χ4v) is 1.83. The molecule has 1 aromatic heterocycles. The molecule has 0 aliphatic carbocycles. The van der Waals surface area contributed by atoms with Crippen molar-refractivity contribution in [2.45, 2.75) is 13.0 Å². The van der Waals surface area contributed by atoms with Crippen LogP contribution in [0.2, 0.25) is 0 Å². The molecule has 64 valence electrons. The largest absolute Gasteiger partial charge is 0.387 e. The van der Waals surface area contributed by atoms with Gasteiger partial charge in [-0.1, -0.05) is 5.11 Å². The van der Waals surface area contributed by atoms with E-state index in [9.17, 15) is 5.11 Å². The molecule has 0 unspecified atom stereocenters. The molecule has 0 spiro atoms. The molecule has 0 amide bonds. The fourth-order valence-electron chi connectivity index (χ4n) is 0.923. The Labute approximate surface area is 74.1 Å². The van der Waals surface area contributed by atoms with Crippen molar-refractivity contribution < 1.29 is 5.11 Å². The van der Waals surface area contributed by atoms with Crippen LogP contribution in [0.25, 0.3) is 10.4 Å². The topological polar surface area (TPSA) is 69.0 Å². The van der Waals surface area contributed by atoms with Crippen molar-refractivity contribution in [2.24, 2.45) is 5.11 Å². The maximum atomic E-state index is 9.47. The van der Waals surface area contributed by atoms with Crippen molar-refractivity contribution in [3.63, 3.8) is 0 Å². The predicted molar refractivity (Wildman–Crippen MR) is 48.0 cm³/mol. The van der Waals surface area contributed by atoms with Crippen LogP contribution in [0, 0.1) is 6.92 Å². The average Bonchev–Trinajstić information content (AvgIpc) is 2.47. The smallest absolute Gasteiger partial charge is 0.0940 e. The third-order valence-electron chi connectivity index (χ3n) is 1.52. The van der Waals surface area contributed by atoms with E-state index >= 15 is 0 Å². The van der Waals surface area contributed by atoms with Crippen molar-refractivity contribution in [3.05, 3.63) is 32.3 Å². The van der Waals surface area contributed by atoms with Gasteiger partial charge in [-0.2, -0.15) is 0 Å². The summed E-state index contributed by atoms with van der Waals surface area (Å²) in [5.74, 6) is 0. The fraction of sp³-hybridized carbons (Fsp3) is 0.429. The lowest BCUT2D eigenvalue weighted by Crippen LogP contribution is -1.99. The zero-order valence-corrected chi connectivity index (χ0v) is 7.45. The molecule has 0 bridgehead atoms. The summed E-state index contributed by atoms with van der Waals surface area (Å²) in [6.07, 6.45) is -0.652. The molecule has 0 fully saturated rings. The highest BCUT2D eigenvalue weighted by molar-refractivity contribution is 7.10. The lowest BCUT2D eigenvalue weighted by molar-refractivity contribution is 0.190. The Bertz CT molecular complexity index is 303. The van der Waals surface area contributed by atoms with Gasteiger partial charge in [0, 0.05) is 9.79 Å². The Morgan fingerprint density at radius 3 is 3.08 bits per heavy atom. The Morgan fingerprint density at radius 1 is 1.83 bits per heavy atom. The molecular weight excluding hydrogens is 174 g/mol. The lowest BCUT2D eigenvalue weighted by Gasteiger charge is -2.04. The van der Waals surface area contributed by atoms with Crippen molar-refractivity contribution in [2.75, 3.05) is 6.54 Å². The van der Waals surface area contributed by atoms with Gasteiger partial charge in [0.05, 0.1) is 12.6 Å². The first-order valence-electron chi connectivity index (χ1n) is 3.48. The number of aliphatic hydroxyl groups is 1. The zero-order valence-electron chi connectivity index (χ0n) is 6.64. The molecular formula is C7H9N3OS. The summed E-state index contributed by atoms with van der Waals surface area (Å²) in [6.45, 7) is 2.03. The first-order valence-corrected chi connectivity index (χ1v) is 4.36. The highest BCUT2D eigenvalue weighted by atomic mass is 32.1. The molecule has 0 saturated heterocycles. The van der Waals surface area contributed by atoms with Crippen LogP contribution >= 0.6 is 11.3 Å². The second kappa shape index (κ2) is 4.11. The molecule has 0 saturated carbocycles. The normalized spacial score (nSPS) is 12.2. The second-order valence-electron chi connectivity index (χ2n) is 2.40. The van der Waals surface area contributed by atoms with Crippen LogP contribution < -0.4 is 0 Å². The summed E-state index contributed by atoms with van der Waals surface area (Å²) in [4.78, 5) is 3.46. The summed E-state index contributed by atoms with van der Waals surface area (Å²) in [5.41, 5.74) is 9.07. The number of hydrogen-bond donors (Lipinski definition) is 1. The zero-order chi connectivity index (χ0) is 8.97. The summed E-state index contributed by atoms with van der Waals surface area (Å²) in [5, 5.41) is 14.7. The molecule has 12 heavy (non-hydrogen) atoms. The Morgan fingerprint density at radius 2 is 2.58 bits per heavy atom. The lowest BCUT2D eigenvalue weighted by atomic mass is 10.2. The molecule has 1 atom stereocenters. The molecule has 0 aliphatic heterocycles. The van der Waals surface area contributed by atoms with Crippen LogP contribution in [-0.4, -0.2) is 11.7 Å². The Balaban J connectivity index is 2.70. The van der Waals surface area contributed by atoms with Crippen molar-refractivity contribution in [1.29, 1.82) is 0 Å². The van der Waals surface area contributed by atoms with Crippen LogP contribution in [0.4, 0.5) is 0 Å².